The summed E-state index contributed by atoms with van der Waals surface area (Å²) in [5.41, 5.74) is -1.25. The molecule has 17 heavy (non-hydrogen) atoms. The largest absolute Gasteiger partial charge is 0.468 e. The topological polar surface area (TPSA) is 35.5 Å². The molecule has 1 aromatic rings. The third-order valence-electron chi connectivity index (χ3n) is 1.65. The first kappa shape index (κ1) is 14.2. The monoisotopic (exact) mass is 294 g/mol. The Hall–Kier alpha value is -0.900. The third kappa shape index (κ3) is 4.46. The lowest BCUT2D eigenvalue weighted by molar-refractivity contribution is -0.143. The predicted molar refractivity (Wildman–Crippen MR) is 67.4 cm³/mol. The number of para-hydroxylation sites is 1. The molecule has 0 saturated heterocycles. The first-order valence-corrected chi connectivity index (χ1v) is 5.74. The van der Waals surface area contributed by atoms with Crippen LogP contribution in [-0.4, -0.2) is 16.1 Å². The molecule has 0 aliphatic rings. The Labute approximate surface area is 114 Å². The Morgan fingerprint density at radius 2 is 1.94 bits per heavy atom. The molecule has 0 heterocycles. The zero-order chi connectivity index (χ0) is 12.9. The lowest BCUT2D eigenvalue weighted by Crippen LogP contribution is -2.36. The van der Waals surface area contributed by atoms with Crippen LogP contribution in [0.25, 0.3) is 0 Å². The molecule has 0 N–H and O–H groups in total. The van der Waals surface area contributed by atoms with Crippen molar-refractivity contribution >= 4 is 40.8 Å². The average Bonchev–Trinajstić information content (AvgIpc) is 2.29. The maximum Gasteiger partial charge on any atom is 0.332 e. The number of ether oxygens (including phenoxy) is 2. The number of rotatable bonds is 5. The molecule has 0 spiro atoms. The molecule has 1 unspecified atom stereocenters. The van der Waals surface area contributed by atoms with Crippen LogP contribution in [0.3, 0.4) is 0 Å². The van der Waals surface area contributed by atoms with Crippen molar-refractivity contribution in [2.45, 2.75) is 10.1 Å². The molecule has 0 aliphatic heterocycles. The van der Waals surface area contributed by atoms with Gasteiger partial charge in [0.1, 0.15) is 5.75 Å². The third-order valence-corrected chi connectivity index (χ3v) is 2.82. The molecule has 92 valence electrons. The number of hydrogen-bond donors (Lipinski definition) is 0. The number of carbonyl (C=O) groups excluding carboxylic acids is 1. The number of alkyl halides is 3. The highest BCUT2D eigenvalue weighted by molar-refractivity contribution is 6.51. The van der Waals surface area contributed by atoms with E-state index in [2.05, 4.69) is 11.3 Å². The zero-order valence-electron chi connectivity index (χ0n) is 8.61. The molecule has 0 radical (unpaired) electrons. The van der Waals surface area contributed by atoms with Gasteiger partial charge in [-0.3, -0.25) is 0 Å². The Bertz CT molecular complexity index is 392. The summed E-state index contributed by atoms with van der Waals surface area (Å²) in [4.78, 5) is 11.0. The van der Waals surface area contributed by atoms with Crippen molar-refractivity contribution in [2.24, 2.45) is 0 Å². The Morgan fingerprint density at radius 3 is 2.47 bits per heavy atom. The van der Waals surface area contributed by atoms with Gasteiger partial charge in [0.05, 0.1) is 0 Å². The summed E-state index contributed by atoms with van der Waals surface area (Å²) in [6, 6.07) is 8.63. The van der Waals surface area contributed by atoms with Crippen LogP contribution in [0.2, 0.25) is 0 Å². The molecule has 1 rings (SSSR count). The lowest BCUT2D eigenvalue weighted by Gasteiger charge is -2.24. The molecule has 0 saturated carbocycles. The number of esters is 1. The first-order chi connectivity index (χ1) is 7.95. The minimum atomic E-state index is -2.00. The Kier molecular flexibility index (Phi) is 5.12. The standard InChI is InChI=1S/C11H9Cl3O3/c1-2-9(15)17-11(13,14)10(12)16-8-6-4-3-5-7-8/h2-7,10H,1H2. The second-order valence-corrected chi connectivity index (χ2v) is 4.65. The fourth-order valence-electron chi connectivity index (χ4n) is 0.909. The van der Waals surface area contributed by atoms with Gasteiger partial charge in [-0.2, -0.15) is 0 Å². The van der Waals surface area contributed by atoms with Crippen molar-refractivity contribution in [3.05, 3.63) is 43.0 Å². The zero-order valence-corrected chi connectivity index (χ0v) is 10.9. The molecule has 6 heteroatoms. The van der Waals surface area contributed by atoms with E-state index in [0.717, 1.165) is 6.08 Å². The van der Waals surface area contributed by atoms with Crippen LogP contribution in [0, 0.1) is 0 Å². The summed E-state index contributed by atoms with van der Waals surface area (Å²) in [5.74, 6) is -0.342. The lowest BCUT2D eigenvalue weighted by atomic mass is 10.3. The van der Waals surface area contributed by atoms with Crippen molar-refractivity contribution in [1.82, 2.24) is 0 Å². The van der Waals surface area contributed by atoms with Crippen molar-refractivity contribution in [1.29, 1.82) is 0 Å². The second-order valence-electron chi connectivity index (χ2n) is 2.93. The molecular weight excluding hydrogens is 286 g/mol. The second kappa shape index (κ2) is 6.15. The van der Waals surface area contributed by atoms with Gasteiger partial charge in [-0.25, -0.2) is 4.79 Å². The van der Waals surface area contributed by atoms with Crippen molar-refractivity contribution in [3.8, 4) is 5.75 Å². The van der Waals surface area contributed by atoms with Gasteiger partial charge < -0.3 is 9.47 Å². The van der Waals surface area contributed by atoms with Gasteiger partial charge in [-0.15, -0.1) is 0 Å². The van der Waals surface area contributed by atoms with E-state index in [1.165, 1.54) is 0 Å². The summed E-state index contributed by atoms with van der Waals surface area (Å²) in [5, 5.41) is 0. The van der Waals surface area contributed by atoms with Crippen LogP contribution >= 0.6 is 34.8 Å². The van der Waals surface area contributed by atoms with Crippen molar-refractivity contribution < 1.29 is 14.3 Å². The van der Waals surface area contributed by atoms with E-state index >= 15 is 0 Å². The quantitative estimate of drug-likeness (QED) is 0.474. The van der Waals surface area contributed by atoms with Crippen LogP contribution in [-0.2, 0) is 9.53 Å². The molecule has 1 aromatic carbocycles. The molecule has 0 aliphatic carbocycles. The van der Waals surface area contributed by atoms with Crippen molar-refractivity contribution in [3.63, 3.8) is 0 Å². The van der Waals surface area contributed by atoms with Gasteiger partial charge in [-0.1, -0.05) is 59.6 Å². The van der Waals surface area contributed by atoms with Gasteiger partial charge in [0, 0.05) is 6.08 Å². The predicted octanol–water partition coefficient (Wildman–Crippen LogP) is 3.49. The number of hydrogen-bond acceptors (Lipinski definition) is 3. The fourth-order valence-corrected chi connectivity index (χ4v) is 1.30. The Balaban J connectivity index is 2.65. The van der Waals surface area contributed by atoms with E-state index in [1.807, 2.05) is 6.07 Å². The van der Waals surface area contributed by atoms with Crippen LogP contribution in [0.15, 0.2) is 43.0 Å². The van der Waals surface area contributed by atoms with E-state index in [4.69, 9.17) is 39.5 Å². The molecule has 0 amide bonds. The normalized spacial score (nSPS) is 12.6. The summed E-state index contributed by atoms with van der Waals surface area (Å²) >= 11 is 17.3. The first-order valence-electron chi connectivity index (χ1n) is 4.54. The number of benzene rings is 1. The van der Waals surface area contributed by atoms with E-state index in [0.29, 0.717) is 5.75 Å². The van der Waals surface area contributed by atoms with Crippen LogP contribution in [0.4, 0.5) is 0 Å². The molecule has 0 fully saturated rings. The highest BCUT2D eigenvalue weighted by Gasteiger charge is 2.39. The fraction of sp³-hybridized carbons (Fsp3) is 0.182. The molecule has 0 bridgehead atoms. The number of carbonyl (C=O) groups is 1. The maximum atomic E-state index is 11.0. The van der Waals surface area contributed by atoms with Gasteiger partial charge in [0.25, 0.3) is 0 Å². The van der Waals surface area contributed by atoms with Crippen molar-refractivity contribution in [2.75, 3.05) is 0 Å². The summed E-state index contributed by atoms with van der Waals surface area (Å²) in [6.45, 7) is 3.21. The molecular formula is C11H9Cl3O3. The number of halogens is 3. The van der Waals surface area contributed by atoms with Crippen LogP contribution in [0.5, 0.6) is 5.75 Å². The van der Waals surface area contributed by atoms with Crippen LogP contribution in [0.1, 0.15) is 0 Å². The summed E-state index contributed by atoms with van der Waals surface area (Å²) < 4.78 is 7.86. The molecule has 3 nitrogen and oxygen atoms in total. The smallest absolute Gasteiger partial charge is 0.332 e. The maximum absolute atomic E-state index is 11.0. The van der Waals surface area contributed by atoms with Crippen LogP contribution < -0.4 is 4.74 Å². The van der Waals surface area contributed by atoms with Gasteiger partial charge in [-0.05, 0) is 12.1 Å². The van der Waals surface area contributed by atoms with Gasteiger partial charge in [0.2, 0.25) is 5.56 Å². The minimum Gasteiger partial charge on any atom is -0.468 e. The van der Waals surface area contributed by atoms with E-state index in [9.17, 15) is 4.79 Å². The molecule has 1 atom stereocenters. The van der Waals surface area contributed by atoms with E-state index in [-0.39, 0.29) is 0 Å². The van der Waals surface area contributed by atoms with E-state index in [1.54, 1.807) is 24.3 Å². The highest BCUT2D eigenvalue weighted by atomic mass is 35.5. The summed E-state index contributed by atoms with van der Waals surface area (Å²) in [6.07, 6.45) is 0.922. The molecule has 0 aromatic heterocycles. The summed E-state index contributed by atoms with van der Waals surface area (Å²) in [7, 11) is 0. The average molecular weight is 296 g/mol. The Morgan fingerprint density at radius 1 is 1.35 bits per heavy atom. The van der Waals surface area contributed by atoms with Gasteiger partial charge >= 0.3 is 10.5 Å². The van der Waals surface area contributed by atoms with E-state index < -0.39 is 16.1 Å². The minimum absolute atomic E-state index is 0.452. The van der Waals surface area contributed by atoms with Gasteiger partial charge in [0.15, 0.2) is 0 Å². The SMILES string of the molecule is C=CC(=O)OC(Cl)(Cl)C(Cl)Oc1ccccc1. The highest BCUT2D eigenvalue weighted by Crippen LogP contribution is 2.32.